The van der Waals surface area contributed by atoms with Gasteiger partial charge in [-0.15, -0.1) is 0 Å². The van der Waals surface area contributed by atoms with Gasteiger partial charge in [0, 0.05) is 13.1 Å². The van der Waals surface area contributed by atoms with Crippen LogP contribution in [-0.2, 0) is 6.54 Å². The van der Waals surface area contributed by atoms with E-state index in [1.807, 2.05) is 0 Å². The molecule has 4 fully saturated rings. The maximum atomic E-state index is 2.67. The van der Waals surface area contributed by atoms with Crippen molar-refractivity contribution in [2.75, 3.05) is 13.1 Å². The molecule has 2 spiro atoms. The highest BCUT2D eigenvalue weighted by Gasteiger charge is 2.85. The Bertz CT molecular complexity index is 508. The second-order valence-electron chi connectivity index (χ2n) is 8.32. The van der Waals surface area contributed by atoms with Gasteiger partial charge in [-0.3, -0.25) is 4.90 Å². The highest BCUT2D eigenvalue weighted by atomic mass is 15.1. The lowest BCUT2D eigenvalue weighted by molar-refractivity contribution is 0.310. The largest absolute Gasteiger partial charge is 0.299 e. The molecule has 1 unspecified atom stereocenters. The molecule has 3 aliphatic carbocycles. The molecule has 3 saturated carbocycles. The third-order valence-electron chi connectivity index (χ3n) is 7.30. The van der Waals surface area contributed by atoms with Crippen LogP contribution in [0.25, 0.3) is 0 Å². The van der Waals surface area contributed by atoms with E-state index in [2.05, 4.69) is 35.2 Å². The lowest BCUT2D eigenvalue weighted by Crippen LogP contribution is -2.20. The van der Waals surface area contributed by atoms with Crippen molar-refractivity contribution in [3.8, 4) is 0 Å². The van der Waals surface area contributed by atoms with Gasteiger partial charge in [0.1, 0.15) is 0 Å². The van der Waals surface area contributed by atoms with Crippen molar-refractivity contribution < 1.29 is 0 Å². The minimum atomic E-state index is 0.926. The van der Waals surface area contributed by atoms with Crippen LogP contribution in [0.4, 0.5) is 0 Å². The van der Waals surface area contributed by atoms with Crippen molar-refractivity contribution in [1.29, 1.82) is 0 Å². The van der Waals surface area contributed by atoms with Crippen molar-refractivity contribution in [3.63, 3.8) is 0 Å². The van der Waals surface area contributed by atoms with Crippen LogP contribution in [0, 0.1) is 22.7 Å². The van der Waals surface area contributed by atoms with Gasteiger partial charge >= 0.3 is 0 Å². The van der Waals surface area contributed by atoms with Crippen molar-refractivity contribution in [1.82, 2.24) is 4.90 Å². The molecule has 0 amide bonds. The van der Waals surface area contributed by atoms with Gasteiger partial charge in [-0.2, -0.15) is 0 Å². The first-order valence-corrected chi connectivity index (χ1v) is 9.09. The number of hydrogen-bond acceptors (Lipinski definition) is 1. The number of benzene rings is 1. The standard InChI is InChI=1S/C20H27N/c1-2-4-16(5-3-1)14-21-13-8-17(15-21)6-7-18-19(9-10-19)20(18)11-12-20/h1-5,17-18H,6-15H2. The molecule has 1 aromatic rings. The van der Waals surface area contributed by atoms with Crippen LogP contribution in [0.2, 0.25) is 0 Å². The summed E-state index contributed by atoms with van der Waals surface area (Å²) >= 11 is 0. The summed E-state index contributed by atoms with van der Waals surface area (Å²) in [5.74, 6) is 2.15. The van der Waals surface area contributed by atoms with E-state index < -0.39 is 0 Å². The normalized spacial score (nSPS) is 31.9. The third kappa shape index (κ3) is 1.93. The van der Waals surface area contributed by atoms with Crippen molar-refractivity contribution in [3.05, 3.63) is 35.9 Å². The van der Waals surface area contributed by atoms with Gasteiger partial charge in [0.15, 0.2) is 0 Å². The maximum Gasteiger partial charge on any atom is 0.0233 e. The second kappa shape index (κ2) is 4.35. The molecule has 112 valence electrons. The quantitative estimate of drug-likeness (QED) is 0.769. The van der Waals surface area contributed by atoms with E-state index in [1.165, 1.54) is 31.5 Å². The number of likely N-dealkylation sites (tertiary alicyclic amines) is 1. The van der Waals surface area contributed by atoms with Crippen LogP contribution in [0.5, 0.6) is 0 Å². The van der Waals surface area contributed by atoms with Crippen LogP contribution in [-0.4, -0.2) is 18.0 Å². The maximum absolute atomic E-state index is 2.67. The first-order valence-electron chi connectivity index (χ1n) is 9.09. The summed E-state index contributed by atoms with van der Waals surface area (Å²) < 4.78 is 0. The Morgan fingerprint density at radius 2 is 1.67 bits per heavy atom. The number of fused-ring (bicyclic) bond motifs is 1. The van der Waals surface area contributed by atoms with E-state index in [9.17, 15) is 0 Å². The van der Waals surface area contributed by atoms with Crippen molar-refractivity contribution in [2.45, 2.75) is 51.5 Å². The fraction of sp³-hybridized carbons (Fsp3) is 0.700. The van der Waals surface area contributed by atoms with E-state index in [1.54, 1.807) is 32.1 Å². The summed E-state index contributed by atoms with van der Waals surface area (Å²) in [7, 11) is 0. The second-order valence-corrected chi connectivity index (χ2v) is 8.32. The summed E-state index contributed by atoms with van der Waals surface area (Å²) in [6, 6.07) is 11.0. The molecule has 0 aromatic heterocycles. The number of rotatable bonds is 5. The van der Waals surface area contributed by atoms with Crippen LogP contribution >= 0.6 is 0 Å². The molecule has 1 heteroatoms. The molecule has 4 aliphatic rings. The summed E-state index contributed by atoms with van der Waals surface area (Å²) in [5.41, 5.74) is 3.33. The van der Waals surface area contributed by atoms with E-state index in [4.69, 9.17) is 0 Å². The van der Waals surface area contributed by atoms with Crippen LogP contribution in [0.3, 0.4) is 0 Å². The Hall–Kier alpha value is -0.820. The average molecular weight is 281 g/mol. The number of hydrogen-bond donors (Lipinski definition) is 0. The highest BCUT2D eigenvalue weighted by molar-refractivity contribution is 5.34. The van der Waals surface area contributed by atoms with Gasteiger partial charge in [-0.05, 0) is 79.7 Å². The van der Waals surface area contributed by atoms with Gasteiger partial charge in [0.2, 0.25) is 0 Å². The Morgan fingerprint density at radius 3 is 2.33 bits per heavy atom. The predicted octanol–water partition coefficient (Wildman–Crippen LogP) is 4.48. The van der Waals surface area contributed by atoms with E-state index >= 15 is 0 Å². The van der Waals surface area contributed by atoms with Crippen LogP contribution < -0.4 is 0 Å². The molecule has 5 rings (SSSR count). The smallest absolute Gasteiger partial charge is 0.0233 e. The zero-order valence-electron chi connectivity index (χ0n) is 13.1. The minimum Gasteiger partial charge on any atom is -0.299 e. The van der Waals surface area contributed by atoms with Gasteiger partial charge in [0.05, 0.1) is 0 Å². The molecule has 1 nitrogen and oxygen atoms in total. The summed E-state index contributed by atoms with van der Waals surface area (Å²) in [6.45, 7) is 3.83. The van der Waals surface area contributed by atoms with Gasteiger partial charge < -0.3 is 0 Å². The Labute approximate surface area is 128 Å². The van der Waals surface area contributed by atoms with Crippen molar-refractivity contribution in [2.24, 2.45) is 22.7 Å². The average Bonchev–Trinajstić information content (AvgIpc) is 3.44. The lowest BCUT2D eigenvalue weighted by Gasteiger charge is -2.16. The van der Waals surface area contributed by atoms with Crippen LogP contribution in [0.1, 0.15) is 50.5 Å². The summed E-state index contributed by atoms with van der Waals surface area (Å²) in [5, 5.41) is 0. The molecule has 21 heavy (non-hydrogen) atoms. The molecule has 0 bridgehead atoms. The highest BCUT2D eigenvalue weighted by Crippen LogP contribution is 2.93. The van der Waals surface area contributed by atoms with E-state index in [-0.39, 0.29) is 0 Å². The number of nitrogens with zero attached hydrogens (tertiary/aromatic N) is 1. The fourth-order valence-electron chi connectivity index (χ4n) is 5.89. The van der Waals surface area contributed by atoms with E-state index in [0.29, 0.717) is 0 Å². The molecule has 1 saturated heterocycles. The molecule has 1 heterocycles. The fourth-order valence-corrected chi connectivity index (χ4v) is 5.89. The summed E-state index contributed by atoms with van der Waals surface area (Å²) in [6.07, 6.45) is 10.9. The molecule has 1 aliphatic heterocycles. The van der Waals surface area contributed by atoms with Crippen LogP contribution in [0.15, 0.2) is 30.3 Å². The van der Waals surface area contributed by atoms with Gasteiger partial charge in [-0.25, -0.2) is 0 Å². The van der Waals surface area contributed by atoms with E-state index in [0.717, 1.165) is 29.2 Å². The lowest BCUT2D eigenvalue weighted by atomic mass is 9.99. The summed E-state index contributed by atoms with van der Waals surface area (Å²) in [4.78, 5) is 2.67. The Morgan fingerprint density at radius 1 is 0.952 bits per heavy atom. The zero-order chi connectivity index (χ0) is 13.9. The van der Waals surface area contributed by atoms with Crippen molar-refractivity contribution >= 4 is 0 Å². The SMILES string of the molecule is c1ccc(CN2CCC(CCC3C4(CC4)C34CC4)C2)cc1. The molecular formula is C20H27N. The molecule has 0 radical (unpaired) electrons. The van der Waals surface area contributed by atoms with Gasteiger partial charge in [-0.1, -0.05) is 30.3 Å². The zero-order valence-corrected chi connectivity index (χ0v) is 13.1. The predicted molar refractivity (Wildman–Crippen MR) is 85.9 cm³/mol. The first kappa shape index (κ1) is 12.7. The molecular weight excluding hydrogens is 254 g/mol. The minimum absolute atomic E-state index is 0.926. The topological polar surface area (TPSA) is 3.24 Å². The molecule has 1 atom stereocenters. The molecule has 1 aromatic carbocycles. The Kier molecular flexibility index (Phi) is 2.63. The third-order valence-corrected chi connectivity index (χ3v) is 7.30. The Balaban J connectivity index is 1.11. The first-order chi connectivity index (χ1) is 10.3. The van der Waals surface area contributed by atoms with Gasteiger partial charge in [0.25, 0.3) is 0 Å². The molecule has 0 N–H and O–H groups in total. The monoisotopic (exact) mass is 281 g/mol.